The molecule has 1 N–H and O–H groups in total. The zero-order chi connectivity index (χ0) is 32.0. The summed E-state index contributed by atoms with van der Waals surface area (Å²) in [5.74, 6) is 0.418. The van der Waals surface area contributed by atoms with E-state index in [2.05, 4.69) is 27.6 Å². The first kappa shape index (κ1) is 32.5. The number of amides is 3. The van der Waals surface area contributed by atoms with E-state index >= 15 is 0 Å². The van der Waals surface area contributed by atoms with Crippen molar-refractivity contribution in [3.05, 3.63) is 65.0 Å². The number of carbonyl (C=O) groups is 3. The van der Waals surface area contributed by atoms with Gasteiger partial charge in [-0.25, -0.2) is 9.80 Å². The summed E-state index contributed by atoms with van der Waals surface area (Å²) in [6.07, 6.45) is -0.433. The molecular weight excluding hydrogens is 562 g/mol. The molecule has 1 aliphatic rings. The van der Waals surface area contributed by atoms with Crippen LogP contribution in [0.4, 0.5) is 10.5 Å². The van der Waals surface area contributed by atoms with Gasteiger partial charge in [0.2, 0.25) is 5.91 Å². The van der Waals surface area contributed by atoms with Gasteiger partial charge in [0.15, 0.2) is 5.82 Å². The lowest BCUT2D eigenvalue weighted by molar-refractivity contribution is -0.145. The van der Waals surface area contributed by atoms with Crippen LogP contribution in [-0.2, 0) is 27.4 Å². The molecule has 4 rings (SSSR count). The van der Waals surface area contributed by atoms with Crippen molar-refractivity contribution >= 4 is 23.6 Å². The SMILES string of the molecule is CCN(CCNC(=O)CN(CC(=O)N(C)N1Cc2ccccc2C1)c1cc(-c2nc(C)no2)ccc1C)C(=O)OC(C)(C)C. The van der Waals surface area contributed by atoms with Gasteiger partial charge < -0.3 is 24.4 Å². The molecule has 236 valence electrons. The molecule has 3 amide bonds. The minimum absolute atomic E-state index is 0.0388. The van der Waals surface area contributed by atoms with Crippen LogP contribution in [0.3, 0.4) is 0 Å². The molecular formula is C32H43N7O5. The van der Waals surface area contributed by atoms with Crippen molar-refractivity contribution in [2.24, 2.45) is 0 Å². The average molecular weight is 606 g/mol. The fourth-order valence-corrected chi connectivity index (χ4v) is 4.94. The van der Waals surface area contributed by atoms with Crippen LogP contribution in [0, 0.1) is 13.8 Å². The number of aryl methyl sites for hydroxylation is 2. The number of likely N-dealkylation sites (N-methyl/N-ethyl adjacent to an activating group) is 2. The Bertz CT molecular complexity index is 1460. The summed E-state index contributed by atoms with van der Waals surface area (Å²) >= 11 is 0. The van der Waals surface area contributed by atoms with E-state index in [4.69, 9.17) is 9.26 Å². The Morgan fingerprint density at radius 2 is 1.73 bits per heavy atom. The van der Waals surface area contributed by atoms with Crippen molar-refractivity contribution in [2.75, 3.05) is 44.7 Å². The van der Waals surface area contributed by atoms with E-state index in [0.717, 1.165) is 5.56 Å². The highest BCUT2D eigenvalue weighted by Crippen LogP contribution is 2.28. The van der Waals surface area contributed by atoms with Crippen LogP contribution in [0.15, 0.2) is 47.0 Å². The Hall–Kier alpha value is -4.45. The fraction of sp³-hybridized carbons (Fsp3) is 0.469. The Kier molecular flexibility index (Phi) is 10.3. The van der Waals surface area contributed by atoms with E-state index in [0.29, 0.717) is 49.1 Å². The quantitative estimate of drug-likeness (QED) is 0.346. The summed E-state index contributed by atoms with van der Waals surface area (Å²) in [7, 11) is 1.76. The van der Waals surface area contributed by atoms with Gasteiger partial charge in [-0.2, -0.15) is 4.98 Å². The Morgan fingerprint density at radius 3 is 2.32 bits per heavy atom. The number of aromatic nitrogens is 2. The third-order valence-corrected chi connectivity index (χ3v) is 7.33. The van der Waals surface area contributed by atoms with Crippen LogP contribution >= 0.6 is 0 Å². The summed E-state index contributed by atoms with van der Waals surface area (Å²) in [6, 6.07) is 13.8. The van der Waals surface area contributed by atoms with Crippen LogP contribution in [0.25, 0.3) is 11.5 Å². The smallest absolute Gasteiger partial charge is 0.410 e. The molecule has 0 fully saturated rings. The Labute approximate surface area is 258 Å². The van der Waals surface area contributed by atoms with E-state index < -0.39 is 11.7 Å². The molecule has 0 bridgehead atoms. The first-order valence-electron chi connectivity index (χ1n) is 14.8. The van der Waals surface area contributed by atoms with Crippen molar-refractivity contribution in [1.29, 1.82) is 0 Å². The van der Waals surface area contributed by atoms with E-state index in [1.165, 1.54) is 16.0 Å². The highest BCUT2D eigenvalue weighted by Gasteiger charge is 2.27. The first-order valence-corrected chi connectivity index (χ1v) is 14.8. The summed E-state index contributed by atoms with van der Waals surface area (Å²) in [5, 5.41) is 10.4. The molecule has 0 radical (unpaired) electrons. The third kappa shape index (κ3) is 8.34. The molecule has 0 aliphatic carbocycles. The minimum Gasteiger partial charge on any atom is -0.444 e. The van der Waals surface area contributed by atoms with Gasteiger partial charge in [0.05, 0.1) is 13.1 Å². The number of nitrogens with zero attached hydrogens (tertiary/aromatic N) is 6. The lowest BCUT2D eigenvalue weighted by Gasteiger charge is -2.32. The Balaban J connectivity index is 1.48. The predicted molar refractivity (Wildman–Crippen MR) is 166 cm³/mol. The number of nitrogens with one attached hydrogen (secondary N) is 1. The molecule has 2 aromatic carbocycles. The van der Waals surface area contributed by atoms with Gasteiger partial charge in [-0.15, -0.1) is 0 Å². The molecule has 1 aliphatic heterocycles. The van der Waals surface area contributed by atoms with Crippen LogP contribution in [-0.4, -0.2) is 88.3 Å². The number of fused-ring (bicyclic) bond motifs is 1. The summed E-state index contributed by atoms with van der Waals surface area (Å²) in [6.45, 7) is 13.1. The molecule has 0 saturated heterocycles. The number of hydrogen-bond acceptors (Lipinski definition) is 9. The lowest BCUT2D eigenvalue weighted by Crippen LogP contribution is -2.48. The fourth-order valence-electron chi connectivity index (χ4n) is 4.94. The van der Waals surface area contributed by atoms with Gasteiger partial charge in [-0.05, 0) is 70.4 Å². The van der Waals surface area contributed by atoms with Crippen LogP contribution in [0.2, 0.25) is 0 Å². The molecule has 1 aromatic heterocycles. The maximum atomic E-state index is 13.7. The van der Waals surface area contributed by atoms with Crippen molar-refractivity contribution in [3.63, 3.8) is 0 Å². The van der Waals surface area contributed by atoms with Gasteiger partial charge in [-0.3, -0.25) is 14.6 Å². The molecule has 0 unspecified atom stereocenters. The highest BCUT2D eigenvalue weighted by atomic mass is 16.6. The number of rotatable bonds is 11. The van der Waals surface area contributed by atoms with Crippen LogP contribution in [0.1, 0.15) is 50.2 Å². The summed E-state index contributed by atoms with van der Waals surface area (Å²) < 4.78 is 10.8. The number of benzene rings is 2. The van der Waals surface area contributed by atoms with Crippen molar-refractivity contribution in [1.82, 2.24) is 30.4 Å². The van der Waals surface area contributed by atoms with Gasteiger partial charge in [0, 0.05) is 51.0 Å². The zero-order valence-electron chi connectivity index (χ0n) is 26.7. The molecule has 2 heterocycles. The van der Waals surface area contributed by atoms with Gasteiger partial charge in [0.1, 0.15) is 5.60 Å². The lowest BCUT2D eigenvalue weighted by atomic mass is 10.1. The van der Waals surface area contributed by atoms with Crippen molar-refractivity contribution < 1.29 is 23.6 Å². The topological polar surface area (TPSA) is 124 Å². The summed E-state index contributed by atoms with van der Waals surface area (Å²) in [4.78, 5) is 47.0. The maximum Gasteiger partial charge on any atom is 0.410 e. The molecule has 3 aromatic rings. The largest absolute Gasteiger partial charge is 0.444 e. The van der Waals surface area contributed by atoms with Crippen LogP contribution < -0.4 is 10.2 Å². The van der Waals surface area contributed by atoms with E-state index in [-0.39, 0.29) is 31.4 Å². The number of carbonyl (C=O) groups excluding carboxylic acids is 3. The third-order valence-electron chi connectivity index (χ3n) is 7.33. The molecule has 0 spiro atoms. The molecule has 44 heavy (non-hydrogen) atoms. The van der Waals surface area contributed by atoms with Crippen molar-refractivity contribution in [3.8, 4) is 11.5 Å². The summed E-state index contributed by atoms with van der Waals surface area (Å²) in [5.41, 5.74) is 4.03. The van der Waals surface area contributed by atoms with Crippen molar-refractivity contribution in [2.45, 2.75) is 60.2 Å². The van der Waals surface area contributed by atoms with Gasteiger partial charge in [-0.1, -0.05) is 35.5 Å². The number of anilines is 1. The zero-order valence-corrected chi connectivity index (χ0v) is 26.7. The van der Waals surface area contributed by atoms with Gasteiger partial charge in [0.25, 0.3) is 11.8 Å². The minimum atomic E-state index is -0.613. The van der Waals surface area contributed by atoms with Crippen LogP contribution in [0.5, 0.6) is 0 Å². The van der Waals surface area contributed by atoms with E-state index in [9.17, 15) is 14.4 Å². The number of hydrazine groups is 1. The molecule has 12 nitrogen and oxygen atoms in total. The average Bonchev–Trinajstić information content (AvgIpc) is 3.60. The number of hydrogen-bond donors (Lipinski definition) is 1. The molecule has 12 heteroatoms. The Morgan fingerprint density at radius 1 is 1.05 bits per heavy atom. The standard InChI is InChI=1S/C32H43N7O5/c1-8-37(31(42)43-32(4,5)6)16-15-33-28(40)20-38(27-17-24(14-13-22(27)2)30-34-23(3)35-44-30)21-29(41)36(7)39-18-25-11-9-10-12-26(25)19-39/h9-14,17H,8,15-16,18-21H2,1-7H3,(H,33,40). The normalized spacial score (nSPS) is 12.9. The monoisotopic (exact) mass is 605 g/mol. The van der Waals surface area contributed by atoms with E-state index in [1.54, 1.807) is 23.9 Å². The first-order chi connectivity index (χ1) is 20.8. The number of ether oxygens (including phenoxy) is 1. The second kappa shape index (κ2) is 13.9. The van der Waals surface area contributed by atoms with Gasteiger partial charge >= 0.3 is 6.09 Å². The maximum absolute atomic E-state index is 13.7. The van der Waals surface area contributed by atoms with E-state index in [1.807, 2.05) is 70.0 Å². The predicted octanol–water partition coefficient (Wildman–Crippen LogP) is 3.92. The molecule has 0 saturated carbocycles. The molecule has 0 atom stereocenters. The highest BCUT2D eigenvalue weighted by molar-refractivity contribution is 5.87. The second-order valence-corrected chi connectivity index (χ2v) is 11.9. The second-order valence-electron chi connectivity index (χ2n) is 11.9.